The topological polar surface area (TPSA) is 41.5 Å². The highest BCUT2D eigenvalue weighted by Gasteiger charge is 2.60. The molecule has 0 aromatic rings. The van der Waals surface area contributed by atoms with Crippen molar-refractivity contribution in [3.05, 3.63) is 22.8 Å². The van der Waals surface area contributed by atoms with Gasteiger partial charge in [0.1, 0.15) is 0 Å². The van der Waals surface area contributed by atoms with Crippen LogP contribution in [0.15, 0.2) is 22.8 Å². The number of ether oxygens (including phenoxy) is 1. The molecule has 4 aliphatic carbocycles. The van der Waals surface area contributed by atoms with Gasteiger partial charge in [0, 0.05) is 12.0 Å². The van der Waals surface area contributed by atoms with E-state index in [9.17, 15) is 5.11 Å². The average molecular weight is 412 g/mol. The maximum absolute atomic E-state index is 10.3. The van der Waals surface area contributed by atoms with E-state index >= 15 is 0 Å². The molecule has 10 atom stereocenters. The average Bonchev–Trinajstić information content (AvgIpc) is 3.23. The summed E-state index contributed by atoms with van der Waals surface area (Å²) in [5.74, 6) is 3.64. The van der Waals surface area contributed by atoms with Gasteiger partial charge >= 0.3 is 0 Å². The lowest BCUT2D eigenvalue weighted by atomic mass is 9.56. The van der Waals surface area contributed by atoms with E-state index in [2.05, 4.69) is 39.1 Å². The number of nitrogens with one attached hydrogen (secondary N) is 1. The van der Waals surface area contributed by atoms with Crippen molar-refractivity contribution < 1.29 is 9.84 Å². The molecular formula is C27H41NO2. The zero-order chi connectivity index (χ0) is 20.8. The molecule has 6 aliphatic rings. The normalized spacial score (nSPS) is 55.0. The Bertz CT molecular complexity index is 801. The molecule has 2 N–H and O–H groups in total. The molecule has 0 bridgehead atoms. The van der Waals surface area contributed by atoms with Crippen LogP contribution >= 0.6 is 0 Å². The van der Waals surface area contributed by atoms with E-state index in [4.69, 9.17) is 4.74 Å². The Kier molecular flexibility index (Phi) is 4.46. The highest BCUT2D eigenvalue weighted by molar-refractivity contribution is 5.38. The minimum Gasteiger partial charge on any atom is -0.393 e. The SMILES string of the molecule is CC1=C2CC3[C@@H](CC=C4C[C@@H](O)CC[C@@]43C)C2CC[C@]12OC1C[C@H](C)CN[C@H]1C2C. The van der Waals surface area contributed by atoms with Gasteiger partial charge in [-0.15, -0.1) is 0 Å². The Balaban J connectivity index is 1.34. The molecule has 2 heterocycles. The van der Waals surface area contributed by atoms with Gasteiger partial charge in [-0.05, 0) is 99.5 Å². The number of aliphatic hydroxyl groups is 1. The van der Waals surface area contributed by atoms with Gasteiger partial charge in [-0.25, -0.2) is 0 Å². The molecule has 4 unspecified atom stereocenters. The second kappa shape index (κ2) is 6.68. The van der Waals surface area contributed by atoms with Gasteiger partial charge in [0.2, 0.25) is 0 Å². The van der Waals surface area contributed by atoms with Crippen molar-refractivity contribution in [1.29, 1.82) is 0 Å². The number of hydrogen-bond acceptors (Lipinski definition) is 3. The fourth-order valence-electron chi connectivity index (χ4n) is 9.09. The van der Waals surface area contributed by atoms with Crippen molar-refractivity contribution in [2.45, 2.75) is 103 Å². The first kappa shape index (κ1) is 20.0. The van der Waals surface area contributed by atoms with Crippen molar-refractivity contribution in [3.8, 4) is 0 Å². The predicted octanol–water partition coefficient (Wildman–Crippen LogP) is 5.00. The van der Waals surface area contributed by atoms with E-state index < -0.39 is 0 Å². The minimum absolute atomic E-state index is 0.0222. The fourth-order valence-corrected chi connectivity index (χ4v) is 9.09. The van der Waals surface area contributed by atoms with Crippen LogP contribution in [-0.4, -0.2) is 35.5 Å². The number of allylic oxidation sites excluding steroid dienone is 2. The second-order valence-electron chi connectivity index (χ2n) is 12.2. The number of piperidine rings is 1. The van der Waals surface area contributed by atoms with Gasteiger partial charge in [0.25, 0.3) is 0 Å². The maximum Gasteiger partial charge on any atom is 0.0937 e. The summed E-state index contributed by atoms with van der Waals surface area (Å²) < 4.78 is 7.03. The quantitative estimate of drug-likeness (QED) is 0.551. The molecular weight excluding hydrogens is 370 g/mol. The summed E-state index contributed by atoms with van der Waals surface area (Å²) in [6.45, 7) is 10.9. The second-order valence-corrected chi connectivity index (χ2v) is 12.2. The fraction of sp³-hybridized carbons (Fsp3) is 0.852. The summed E-state index contributed by atoms with van der Waals surface area (Å²) in [4.78, 5) is 0. The van der Waals surface area contributed by atoms with Crippen molar-refractivity contribution in [3.63, 3.8) is 0 Å². The molecule has 0 amide bonds. The van der Waals surface area contributed by atoms with E-state index in [1.807, 2.05) is 0 Å². The van der Waals surface area contributed by atoms with E-state index in [0.29, 0.717) is 23.5 Å². The van der Waals surface area contributed by atoms with Gasteiger partial charge in [0.05, 0.1) is 17.8 Å². The first-order valence-electron chi connectivity index (χ1n) is 12.8. The van der Waals surface area contributed by atoms with Gasteiger partial charge in [0.15, 0.2) is 0 Å². The molecule has 6 rings (SSSR count). The van der Waals surface area contributed by atoms with Crippen molar-refractivity contribution in [2.75, 3.05) is 6.54 Å². The lowest BCUT2D eigenvalue weighted by molar-refractivity contribution is -0.0549. The van der Waals surface area contributed by atoms with Crippen LogP contribution in [0.25, 0.3) is 0 Å². The summed E-state index contributed by atoms with van der Waals surface area (Å²) in [7, 11) is 0. The number of rotatable bonds is 0. The maximum atomic E-state index is 10.3. The Morgan fingerprint density at radius 2 is 2.00 bits per heavy atom. The first-order valence-corrected chi connectivity index (χ1v) is 12.8. The Hall–Kier alpha value is -0.640. The van der Waals surface area contributed by atoms with E-state index in [-0.39, 0.29) is 11.7 Å². The largest absolute Gasteiger partial charge is 0.393 e. The zero-order valence-electron chi connectivity index (χ0n) is 19.4. The van der Waals surface area contributed by atoms with E-state index in [1.165, 1.54) is 38.5 Å². The van der Waals surface area contributed by atoms with Gasteiger partial charge in [-0.3, -0.25) is 0 Å². The third-order valence-corrected chi connectivity index (χ3v) is 10.9. The monoisotopic (exact) mass is 411 g/mol. The molecule has 0 aromatic carbocycles. The highest BCUT2D eigenvalue weighted by Crippen LogP contribution is 2.65. The summed E-state index contributed by atoms with van der Waals surface area (Å²) >= 11 is 0. The van der Waals surface area contributed by atoms with Gasteiger partial charge < -0.3 is 15.2 Å². The number of aliphatic hydroxyl groups excluding tert-OH is 1. The van der Waals surface area contributed by atoms with Crippen molar-refractivity contribution in [1.82, 2.24) is 5.32 Å². The summed E-state index contributed by atoms with van der Waals surface area (Å²) in [5, 5.41) is 14.1. The Morgan fingerprint density at radius 3 is 2.83 bits per heavy atom. The molecule has 2 saturated heterocycles. The van der Waals surface area contributed by atoms with Crippen LogP contribution in [0.4, 0.5) is 0 Å². The van der Waals surface area contributed by atoms with Crippen LogP contribution in [0.3, 0.4) is 0 Å². The zero-order valence-corrected chi connectivity index (χ0v) is 19.4. The Morgan fingerprint density at radius 1 is 1.17 bits per heavy atom. The molecule has 1 spiro atoms. The van der Waals surface area contributed by atoms with Crippen molar-refractivity contribution >= 4 is 0 Å². The van der Waals surface area contributed by atoms with Crippen LogP contribution in [-0.2, 0) is 4.74 Å². The number of hydrogen-bond donors (Lipinski definition) is 2. The van der Waals surface area contributed by atoms with Crippen LogP contribution in [0, 0.1) is 35.0 Å². The standard InChI is InChI=1S/C27H41NO2/c1-15-11-24-25(28-14-15)17(3)27(30-24)10-8-20-21-6-5-18-12-19(29)7-9-26(18,4)23(21)13-22(20)16(27)2/h5,15,17,19-21,23-25,28-29H,6-14H2,1-4H3/t15-,17?,19-,20?,21-,23?,24?,25-,26-,27-/m0/s1. The summed E-state index contributed by atoms with van der Waals surface area (Å²) in [6.07, 6.45) is 12.2. The number of fused-ring (bicyclic) bond motifs is 6. The van der Waals surface area contributed by atoms with Crippen LogP contribution < -0.4 is 5.32 Å². The molecule has 2 saturated carbocycles. The molecule has 4 fully saturated rings. The minimum atomic E-state index is -0.111. The molecule has 2 aliphatic heterocycles. The van der Waals surface area contributed by atoms with Gasteiger partial charge in [-0.2, -0.15) is 0 Å². The molecule has 3 heteroatoms. The van der Waals surface area contributed by atoms with E-state index in [0.717, 1.165) is 43.1 Å². The molecule has 3 nitrogen and oxygen atoms in total. The van der Waals surface area contributed by atoms with Crippen LogP contribution in [0.2, 0.25) is 0 Å². The third kappa shape index (κ3) is 2.55. The third-order valence-electron chi connectivity index (χ3n) is 10.9. The van der Waals surface area contributed by atoms with E-state index in [1.54, 1.807) is 16.7 Å². The highest BCUT2D eigenvalue weighted by atomic mass is 16.5. The summed E-state index contributed by atoms with van der Waals surface area (Å²) in [6, 6.07) is 0.530. The lowest BCUT2D eigenvalue weighted by Crippen LogP contribution is -2.49. The van der Waals surface area contributed by atoms with Crippen LogP contribution in [0.1, 0.15) is 79.1 Å². The lowest BCUT2D eigenvalue weighted by Gasteiger charge is -2.49. The molecule has 0 aromatic heterocycles. The summed E-state index contributed by atoms with van der Waals surface area (Å²) in [5.41, 5.74) is 5.25. The van der Waals surface area contributed by atoms with Gasteiger partial charge in [-0.1, -0.05) is 38.0 Å². The predicted molar refractivity (Wildman–Crippen MR) is 120 cm³/mol. The van der Waals surface area contributed by atoms with Crippen LogP contribution in [0.5, 0.6) is 0 Å². The van der Waals surface area contributed by atoms with Crippen molar-refractivity contribution in [2.24, 2.45) is 35.0 Å². The Labute approximate surface area is 182 Å². The smallest absolute Gasteiger partial charge is 0.0937 e. The molecule has 166 valence electrons. The first-order chi connectivity index (χ1) is 14.3. The molecule has 0 radical (unpaired) electrons. The molecule has 30 heavy (non-hydrogen) atoms.